The minimum Gasteiger partial charge on any atom is -0.481 e. The summed E-state index contributed by atoms with van der Waals surface area (Å²) in [6, 6.07) is 0. The molecule has 0 bridgehead atoms. The average Bonchev–Trinajstić information content (AvgIpc) is 2.04. The molecule has 4 heteroatoms. The van der Waals surface area contributed by atoms with Crippen LogP contribution >= 0.6 is 0 Å². The molecule has 0 aromatic rings. The third-order valence-corrected chi connectivity index (χ3v) is 1.86. The van der Waals surface area contributed by atoms with Crippen LogP contribution in [-0.4, -0.2) is 24.2 Å². The molecular formula is C8H18N2O2. The summed E-state index contributed by atoms with van der Waals surface area (Å²) in [7, 11) is 0. The van der Waals surface area contributed by atoms with Gasteiger partial charge in [-0.25, -0.2) is 0 Å². The molecule has 0 atom stereocenters. The summed E-state index contributed by atoms with van der Waals surface area (Å²) in [5.74, 6) is -0.978. The molecule has 5 N–H and O–H groups in total. The molecule has 4 nitrogen and oxygen atoms in total. The topological polar surface area (TPSA) is 89.3 Å². The summed E-state index contributed by atoms with van der Waals surface area (Å²) < 4.78 is 0. The van der Waals surface area contributed by atoms with Gasteiger partial charge in [0.05, 0.1) is 5.92 Å². The zero-order valence-corrected chi connectivity index (χ0v) is 7.33. The van der Waals surface area contributed by atoms with E-state index in [1.54, 1.807) is 0 Å². The zero-order valence-electron chi connectivity index (χ0n) is 7.33. The molecule has 0 aliphatic rings. The van der Waals surface area contributed by atoms with Crippen LogP contribution in [0.15, 0.2) is 0 Å². The first-order valence-electron chi connectivity index (χ1n) is 4.35. The molecule has 0 fully saturated rings. The first kappa shape index (κ1) is 11.4. The average molecular weight is 174 g/mol. The number of hydrogen-bond donors (Lipinski definition) is 3. The lowest BCUT2D eigenvalue weighted by atomic mass is 9.98. The van der Waals surface area contributed by atoms with E-state index in [1.165, 1.54) is 0 Å². The number of rotatable bonds is 7. The Hall–Kier alpha value is -0.610. The standard InChI is InChI=1S/C8H18N2O2/c9-5-1-3-7(8(11)12)4-2-6-10/h7H,1-6,9-10H2,(H,11,12). The van der Waals surface area contributed by atoms with Crippen molar-refractivity contribution < 1.29 is 9.90 Å². The summed E-state index contributed by atoms with van der Waals surface area (Å²) in [6.07, 6.45) is 2.90. The van der Waals surface area contributed by atoms with Gasteiger partial charge < -0.3 is 16.6 Å². The van der Waals surface area contributed by atoms with E-state index in [2.05, 4.69) is 0 Å². The van der Waals surface area contributed by atoms with Gasteiger partial charge in [0.25, 0.3) is 0 Å². The molecule has 0 aromatic carbocycles. The van der Waals surface area contributed by atoms with Gasteiger partial charge in [-0.1, -0.05) is 0 Å². The lowest BCUT2D eigenvalue weighted by Gasteiger charge is -2.09. The minimum atomic E-state index is -0.725. The SMILES string of the molecule is NCCCC(CCCN)C(=O)O. The van der Waals surface area contributed by atoms with Gasteiger partial charge in [-0.05, 0) is 38.8 Å². The largest absolute Gasteiger partial charge is 0.481 e. The van der Waals surface area contributed by atoms with E-state index in [0.717, 1.165) is 12.8 Å². The Labute approximate surface area is 72.9 Å². The smallest absolute Gasteiger partial charge is 0.306 e. The van der Waals surface area contributed by atoms with Gasteiger partial charge in [0, 0.05) is 0 Å². The Kier molecular flexibility index (Phi) is 6.70. The van der Waals surface area contributed by atoms with Crippen molar-refractivity contribution >= 4 is 5.97 Å². The van der Waals surface area contributed by atoms with Gasteiger partial charge in [0.1, 0.15) is 0 Å². The van der Waals surface area contributed by atoms with Crippen molar-refractivity contribution in [3.8, 4) is 0 Å². The molecule has 0 saturated heterocycles. The third kappa shape index (κ3) is 5.09. The number of carbonyl (C=O) groups is 1. The van der Waals surface area contributed by atoms with Crippen molar-refractivity contribution in [2.75, 3.05) is 13.1 Å². The summed E-state index contributed by atoms with van der Waals surface area (Å²) in [4.78, 5) is 10.6. The van der Waals surface area contributed by atoms with Crippen LogP contribution in [0.4, 0.5) is 0 Å². The predicted molar refractivity (Wildman–Crippen MR) is 47.7 cm³/mol. The fraction of sp³-hybridized carbons (Fsp3) is 0.875. The maximum absolute atomic E-state index is 10.6. The first-order chi connectivity index (χ1) is 5.72. The van der Waals surface area contributed by atoms with E-state index < -0.39 is 5.97 Å². The second-order valence-electron chi connectivity index (χ2n) is 2.90. The Balaban J connectivity index is 3.62. The number of carboxylic acid groups (broad SMARTS) is 1. The zero-order chi connectivity index (χ0) is 9.40. The molecule has 0 heterocycles. The maximum Gasteiger partial charge on any atom is 0.306 e. The molecule has 0 unspecified atom stereocenters. The van der Waals surface area contributed by atoms with Gasteiger partial charge in [-0.2, -0.15) is 0 Å². The van der Waals surface area contributed by atoms with Crippen molar-refractivity contribution in [2.24, 2.45) is 17.4 Å². The summed E-state index contributed by atoms with van der Waals surface area (Å²) >= 11 is 0. The fourth-order valence-electron chi connectivity index (χ4n) is 1.12. The monoisotopic (exact) mass is 174 g/mol. The normalized spacial score (nSPS) is 10.6. The van der Waals surface area contributed by atoms with E-state index in [1.807, 2.05) is 0 Å². The lowest BCUT2D eigenvalue weighted by Crippen LogP contribution is -2.16. The number of nitrogens with two attached hydrogens (primary N) is 2. The van der Waals surface area contributed by atoms with Crippen LogP contribution in [0.3, 0.4) is 0 Å². The minimum absolute atomic E-state index is 0.253. The van der Waals surface area contributed by atoms with Gasteiger partial charge in [0.15, 0.2) is 0 Å². The number of carboxylic acids is 1. The van der Waals surface area contributed by atoms with Crippen LogP contribution in [0.1, 0.15) is 25.7 Å². The lowest BCUT2D eigenvalue weighted by molar-refractivity contribution is -0.142. The molecular weight excluding hydrogens is 156 g/mol. The van der Waals surface area contributed by atoms with Crippen LogP contribution < -0.4 is 11.5 Å². The van der Waals surface area contributed by atoms with Crippen LogP contribution in [0.5, 0.6) is 0 Å². The maximum atomic E-state index is 10.6. The van der Waals surface area contributed by atoms with E-state index in [-0.39, 0.29) is 5.92 Å². The third-order valence-electron chi connectivity index (χ3n) is 1.86. The molecule has 0 aliphatic heterocycles. The first-order valence-corrected chi connectivity index (χ1v) is 4.35. The van der Waals surface area contributed by atoms with Gasteiger partial charge in [-0.15, -0.1) is 0 Å². The van der Waals surface area contributed by atoms with E-state index in [4.69, 9.17) is 16.6 Å². The second-order valence-corrected chi connectivity index (χ2v) is 2.90. The summed E-state index contributed by atoms with van der Waals surface area (Å²) in [5, 5.41) is 8.74. The number of hydrogen-bond acceptors (Lipinski definition) is 3. The van der Waals surface area contributed by atoms with Crippen molar-refractivity contribution in [3.05, 3.63) is 0 Å². The molecule has 0 aromatic heterocycles. The molecule has 0 aliphatic carbocycles. The van der Waals surface area contributed by atoms with E-state index in [0.29, 0.717) is 25.9 Å². The summed E-state index contributed by atoms with van der Waals surface area (Å²) in [5.41, 5.74) is 10.6. The van der Waals surface area contributed by atoms with Gasteiger partial charge in [0.2, 0.25) is 0 Å². The van der Waals surface area contributed by atoms with Crippen LogP contribution in [0.2, 0.25) is 0 Å². The highest BCUT2D eigenvalue weighted by molar-refractivity contribution is 5.69. The van der Waals surface area contributed by atoms with Gasteiger partial charge in [-0.3, -0.25) is 4.79 Å². The summed E-state index contributed by atoms with van der Waals surface area (Å²) in [6.45, 7) is 1.12. The Morgan fingerprint density at radius 3 is 1.83 bits per heavy atom. The van der Waals surface area contributed by atoms with Crippen LogP contribution in [0.25, 0.3) is 0 Å². The second kappa shape index (κ2) is 7.06. The Bertz CT molecular complexity index is 120. The molecule has 0 rings (SSSR count). The van der Waals surface area contributed by atoms with Crippen LogP contribution in [-0.2, 0) is 4.79 Å². The van der Waals surface area contributed by atoms with Crippen molar-refractivity contribution in [1.29, 1.82) is 0 Å². The van der Waals surface area contributed by atoms with Crippen molar-refractivity contribution in [2.45, 2.75) is 25.7 Å². The van der Waals surface area contributed by atoms with Crippen molar-refractivity contribution in [1.82, 2.24) is 0 Å². The van der Waals surface area contributed by atoms with Crippen molar-refractivity contribution in [3.63, 3.8) is 0 Å². The fourth-order valence-corrected chi connectivity index (χ4v) is 1.12. The highest BCUT2D eigenvalue weighted by atomic mass is 16.4. The quantitative estimate of drug-likeness (QED) is 0.513. The molecule has 12 heavy (non-hydrogen) atoms. The van der Waals surface area contributed by atoms with E-state index in [9.17, 15) is 4.79 Å². The highest BCUT2D eigenvalue weighted by Crippen LogP contribution is 2.12. The van der Waals surface area contributed by atoms with Crippen LogP contribution in [0, 0.1) is 5.92 Å². The molecule has 0 saturated carbocycles. The molecule has 0 amide bonds. The molecule has 0 spiro atoms. The Morgan fingerprint density at radius 1 is 1.17 bits per heavy atom. The highest BCUT2D eigenvalue weighted by Gasteiger charge is 2.15. The van der Waals surface area contributed by atoms with E-state index >= 15 is 0 Å². The molecule has 0 radical (unpaired) electrons. The Morgan fingerprint density at radius 2 is 1.58 bits per heavy atom. The number of aliphatic carboxylic acids is 1. The predicted octanol–water partition coefficient (Wildman–Crippen LogP) is 0.165. The van der Waals surface area contributed by atoms with Gasteiger partial charge >= 0.3 is 5.97 Å². The molecule has 72 valence electrons.